The molecule has 0 aliphatic heterocycles. The van der Waals surface area contributed by atoms with E-state index in [1.807, 2.05) is 0 Å². The van der Waals surface area contributed by atoms with Crippen LogP contribution in [-0.2, 0) is 9.59 Å². The molecule has 0 radical (unpaired) electrons. The van der Waals surface area contributed by atoms with Crippen LogP contribution in [0, 0.1) is 0 Å². The highest BCUT2D eigenvalue weighted by atomic mass is 35.5. The quantitative estimate of drug-likeness (QED) is 0.739. The lowest BCUT2D eigenvalue weighted by atomic mass is 10.1. The van der Waals surface area contributed by atoms with Crippen LogP contribution in [0.2, 0.25) is 5.02 Å². The van der Waals surface area contributed by atoms with Gasteiger partial charge in [0, 0.05) is 5.02 Å². The standard InChI is InChI=1S/C9H8ClNO3/c10-7-3-1-2-6(4-7)8(9(13)14)11-5-12/h1-5,8H,(H,11,12)(H,13,14). The van der Waals surface area contributed by atoms with E-state index in [1.165, 1.54) is 6.07 Å². The number of rotatable bonds is 4. The Morgan fingerprint density at radius 1 is 1.57 bits per heavy atom. The number of benzene rings is 1. The summed E-state index contributed by atoms with van der Waals surface area (Å²) in [5, 5.41) is 11.4. The second-order valence-electron chi connectivity index (χ2n) is 2.61. The summed E-state index contributed by atoms with van der Waals surface area (Å²) in [7, 11) is 0. The van der Waals surface area contributed by atoms with Crippen molar-refractivity contribution in [2.45, 2.75) is 6.04 Å². The number of aliphatic carboxylic acids is 1. The maximum absolute atomic E-state index is 10.7. The van der Waals surface area contributed by atoms with E-state index in [1.54, 1.807) is 18.2 Å². The van der Waals surface area contributed by atoms with Crippen molar-refractivity contribution in [2.75, 3.05) is 0 Å². The maximum atomic E-state index is 10.7. The van der Waals surface area contributed by atoms with Gasteiger partial charge in [-0.2, -0.15) is 0 Å². The molecular formula is C9H8ClNO3. The fourth-order valence-electron chi connectivity index (χ4n) is 1.06. The van der Waals surface area contributed by atoms with Crippen molar-refractivity contribution in [3.63, 3.8) is 0 Å². The molecule has 0 aliphatic carbocycles. The van der Waals surface area contributed by atoms with Crippen LogP contribution in [0.3, 0.4) is 0 Å². The van der Waals surface area contributed by atoms with Crippen molar-refractivity contribution >= 4 is 24.0 Å². The lowest BCUT2D eigenvalue weighted by molar-refractivity contribution is -0.140. The van der Waals surface area contributed by atoms with E-state index >= 15 is 0 Å². The lowest BCUT2D eigenvalue weighted by Crippen LogP contribution is -2.27. The molecule has 0 spiro atoms. The second kappa shape index (κ2) is 4.62. The van der Waals surface area contributed by atoms with Crippen LogP contribution in [0.1, 0.15) is 11.6 Å². The van der Waals surface area contributed by atoms with Gasteiger partial charge in [0.15, 0.2) is 6.04 Å². The number of hydrogen-bond donors (Lipinski definition) is 2. The van der Waals surface area contributed by atoms with E-state index in [0.717, 1.165) is 0 Å². The molecule has 0 fully saturated rings. The number of carbonyl (C=O) groups is 2. The Hall–Kier alpha value is -1.55. The highest BCUT2D eigenvalue weighted by molar-refractivity contribution is 6.30. The molecule has 1 rings (SSSR count). The molecule has 4 nitrogen and oxygen atoms in total. The first-order valence-electron chi connectivity index (χ1n) is 3.83. The van der Waals surface area contributed by atoms with Crippen LogP contribution in [0.15, 0.2) is 24.3 Å². The van der Waals surface area contributed by atoms with Crippen LogP contribution in [-0.4, -0.2) is 17.5 Å². The van der Waals surface area contributed by atoms with Gasteiger partial charge < -0.3 is 10.4 Å². The summed E-state index contributed by atoms with van der Waals surface area (Å²) in [6.45, 7) is 0. The lowest BCUT2D eigenvalue weighted by Gasteiger charge is -2.11. The molecule has 0 saturated heterocycles. The monoisotopic (exact) mass is 213 g/mol. The van der Waals surface area contributed by atoms with Crippen LogP contribution in [0.4, 0.5) is 0 Å². The van der Waals surface area contributed by atoms with E-state index < -0.39 is 12.0 Å². The Bertz CT molecular complexity index is 354. The van der Waals surface area contributed by atoms with Gasteiger partial charge in [-0.3, -0.25) is 4.79 Å². The first kappa shape index (κ1) is 10.5. The van der Waals surface area contributed by atoms with Gasteiger partial charge in [0.1, 0.15) is 0 Å². The van der Waals surface area contributed by atoms with Crippen molar-refractivity contribution in [3.05, 3.63) is 34.9 Å². The summed E-state index contributed by atoms with van der Waals surface area (Å²) in [6, 6.07) is 5.29. The molecule has 1 atom stereocenters. The zero-order valence-electron chi connectivity index (χ0n) is 7.11. The molecule has 1 aromatic carbocycles. The molecule has 0 heterocycles. The van der Waals surface area contributed by atoms with Gasteiger partial charge >= 0.3 is 5.97 Å². The van der Waals surface area contributed by atoms with Crippen molar-refractivity contribution in [1.82, 2.24) is 5.32 Å². The summed E-state index contributed by atoms with van der Waals surface area (Å²) in [4.78, 5) is 20.9. The maximum Gasteiger partial charge on any atom is 0.330 e. The summed E-state index contributed by atoms with van der Waals surface area (Å²) >= 11 is 5.68. The molecule has 1 amide bonds. The fourth-order valence-corrected chi connectivity index (χ4v) is 1.26. The van der Waals surface area contributed by atoms with Crippen LogP contribution in [0.25, 0.3) is 0 Å². The molecule has 74 valence electrons. The third kappa shape index (κ3) is 2.47. The topological polar surface area (TPSA) is 66.4 Å². The third-order valence-corrected chi connectivity index (χ3v) is 1.90. The Morgan fingerprint density at radius 3 is 2.79 bits per heavy atom. The van der Waals surface area contributed by atoms with Gasteiger partial charge in [-0.15, -0.1) is 0 Å². The predicted molar refractivity (Wildman–Crippen MR) is 51.0 cm³/mol. The molecule has 0 aromatic heterocycles. The molecule has 0 saturated carbocycles. The molecule has 1 unspecified atom stereocenters. The fraction of sp³-hybridized carbons (Fsp3) is 0.111. The molecule has 14 heavy (non-hydrogen) atoms. The number of halogens is 1. The van der Waals surface area contributed by atoms with Gasteiger partial charge in [-0.05, 0) is 17.7 Å². The van der Waals surface area contributed by atoms with Gasteiger partial charge in [0.05, 0.1) is 0 Å². The SMILES string of the molecule is O=CNC(C(=O)O)c1cccc(Cl)c1. The van der Waals surface area contributed by atoms with E-state index in [2.05, 4.69) is 5.32 Å². The van der Waals surface area contributed by atoms with Crippen LogP contribution >= 0.6 is 11.6 Å². The first-order valence-corrected chi connectivity index (χ1v) is 4.21. The predicted octanol–water partition coefficient (Wildman–Crippen LogP) is 1.21. The summed E-state index contributed by atoms with van der Waals surface area (Å²) in [5.41, 5.74) is 0.442. The largest absolute Gasteiger partial charge is 0.479 e. The van der Waals surface area contributed by atoms with Gasteiger partial charge in [0.2, 0.25) is 6.41 Å². The molecule has 0 bridgehead atoms. The number of carboxylic acids is 1. The zero-order chi connectivity index (χ0) is 10.6. The van der Waals surface area contributed by atoms with Crippen LogP contribution < -0.4 is 5.32 Å². The Balaban J connectivity index is 2.98. The van der Waals surface area contributed by atoms with Crippen molar-refractivity contribution in [1.29, 1.82) is 0 Å². The minimum atomic E-state index is -1.13. The summed E-state index contributed by atoms with van der Waals surface area (Å²) < 4.78 is 0. The molecule has 1 aromatic rings. The average molecular weight is 214 g/mol. The number of nitrogens with one attached hydrogen (secondary N) is 1. The molecule has 2 N–H and O–H groups in total. The van der Waals surface area contributed by atoms with E-state index in [4.69, 9.17) is 16.7 Å². The summed E-state index contributed by atoms with van der Waals surface area (Å²) in [6.07, 6.45) is 0.347. The van der Waals surface area contributed by atoms with Gasteiger partial charge in [0.25, 0.3) is 0 Å². The third-order valence-electron chi connectivity index (χ3n) is 1.66. The highest BCUT2D eigenvalue weighted by Crippen LogP contribution is 2.17. The normalized spacial score (nSPS) is 11.8. The Kier molecular flexibility index (Phi) is 3.48. The Morgan fingerprint density at radius 2 is 2.29 bits per heavy atom. The molecule has 5 heteroatoms. The summed E-state index contributed by atoms with van der Waals surface area (Å²) in [5.74, 6) is -1.13. The average Bonchev–Trinajstić information content (AvgIpc) is 2.13. The van der Waals surface area contributed by atoms with Crippen LogP contribution in [0.5, 0.6) is 0 Å². The second-order valence-corrected chi connectivity index (χ2v) is 3.05. The van der Waals surface area contributed by atoms with E-state index in [-0.39, 0.29) is 0 Å². The number of carbonyl (C=O) groups excluding carboxylic acids is 1. The van der Waals surface area contributed by atoms with E-state index in [9.17, 15) is 9.59 Å². The van der Waals surface area contributed by atoms with Crippen molar-refractivity contribution in [2.24, 2.45) is 0 Å². The minimum absolute atomic E-state index is 0.347. The zero-order valence-corrected chi connectivity index (χ0v) is 7.86. The minimum Gasteiger partial charge on any atom is -0.479 e. The first-order chi connectivity index (χ1) is 6.65. The van der Waals surface area contributed by atoms with Gasteiger partial charge in [-0.25, -0.2) is 4.79 Å². The number of hydrogen-bond acceptors (Lipinski definition) is 2. The van der Waals surface area contributed by atoms with Crippen molar-refractivity contribution < 1.29 is 14.7 Å². The number of carboxylic acid groups (broad SMARTS) is 1. The molecule has 0 aliphatic rings. The highest BCUT2D eigenvalue weighted by Gasteiger charge is 2.18. The van der Waals surface area contributed by atoms with Crippen molar-refractivity contribution in [3.8, 4) is 0 Å². The van der Waals surface area contributed by atoms with Gasteiger partial charge in [-0.1, -0.05) is 23.7 Å². The van der Waals surface area contributed by atoms with E-state index in [0.29, 0.717) is 17.0 Å². The smallest absolute Gasteiger partial charge is 0.330 e. The molecular weight excluding hydrogens is 206 g/mol. The Labute approximate surface area is 85.5 Å². The number of amides is 1.